The molecule has 0 aliphatic carbocycles. The molecule has 0 saturated carbocycles. The van der Waals surface area contributed by atoms with Crippen molar-refractivity contribution in [3.63, 3.8) is 0 Å². The van der Waals surface area contributed by atoms with Gasteiger partial charge in [0, 0.05) is 24.5 Å². The summed E-state index contributed by atoms with van der Waals surface area (Å²) in [6, 6.07) is 14.3. The van der Waals surface area contributed by atoms with E-state index in [2.05, 4.69) is 5.32 Å². The Morgan fingerprint density at radius 1 is 1.22 bits per heavy atom. The normalized spacial score (nSPS) is 16.5. The molecule has 4 nitrogen and oxygen atoms in total. The molecule has 2 aromatic heterocycles. The number of nitrogens with zero attached hydrogens (tertiary/aromatic N) is 2. The first kappa shape index (κ1) is 21.6. The fourth-order valence-electron chi connectivity index (χ4n) is 3.47. The molecule has 27 heavy (non-hydrogen) atoms. The fraction of sp³-hybridized carbons (Fsp3) is 0.300. The van der Waals surface area contributed by atoms with Gasteiger partial charge in [-0.1, -0.05) is 24.3 Å². The molecule has 1 aromatic carbocycles. The highest BCUT2D eigenvalue weighted by Crippen LogP contribution is 2.29. The third-order valence-electron chi connectivity index (χ3n) is 4.84. The van der Waals surface area contributed by atoms with Crippen molar-refractivity contribution in [3.8, 4) is 10.6 Å². The second-order valence-corrected chi connectivity index (χ2v) is 7.38. The molecule has 1 N–H and O–H groups in total. The van der Waals surface area contributed by atoms with Gasteiger partial charge in [-0.15, -0.1) is 36.2 Å². The van der Waals surface area contributed by atoms with E-state index in [1.165, 1.54) is 0 Å². The number of pyridine rings is 1. The maximum absolute atomic E-state index is 13.3. The average molecular weight is 424 g/mol. The molecule has 4 rings (SSSR count). The van der Waals surface area contributed by atoms with Crippen molar-refractivity contribution in [2.24, 2.45) is 0 Å². The summed E-state index contributed by atoms with van der Waals surface area (Å²) < 4.78 is 0. The van der Waals surface area contributed by atoms with Gasteiger partial charge in [0.25, 0.3) is 5.91 Å². The molecule has 0 spiro atoms. The summed E-state index contributed by atoms with van der Waals surface area (Å²) in [5.41, 5.74) is 2.50. The molecule has 1 fully saturated rings. The Morgan fingerprint density at radius 3 is 2.78 bits per heavy atom. The highest BCUT2D eigenvalue weighted by atomic mass is 35.5. The Bertz CT molecular complexity index is 901. The largest absolute Gasteiger partial charge is 0.337 e. The number of likely N-dealkylation sites (N-methyl/N-ethyl adjacent to an activating group) is 1. The number of hydrogen-bond acceptors (Lipinski definition) is 4. The van der Waals surface area contributed by atoms with Gasteiger partial charge in [0.15, 0.2) is 0 Å². The van der Waals surface area contributed by atoms with Crippen LogP contribution in [0.3, 0.4) is 0 Å². The van der Waals surface area contributed by atoms with Gasteiger partial charge >= 0.3 is 0 Å². The third kappa shape index (κ3) is 4.43. The van der Waals surface area contributed by atoms with Crippen molar-refractivity contribution in [1.82, 2.24) is 15.2 Å². The molecule has 1 aliphatic rings. The van der Waals surface area contributed by atoms with Gasteiger partial charge in [0.05, 0.1) is 21.7 Å². The van der Waals surface area contributed by atoms with Crippen molar-refractivity contribution in [2.45, 2.75) is 18.9 Å². The Morgan fingerprint density at radius 2 is 2.04 bits per heavy atom. The number of rotatable bonds is 3. The summed E-state index contributed by atoms with van der Waals surface area (Å²) in [5, 5.41) is 6.27. The minimum atomic E-state index is 0. The van der Waals surface area contributed by atoms with Crippen LogP contribution in [0.2, 0.25) is 0 Å². The number of piperidine rings is 1. The standard InChI is InChI=1S/C20H21N3OS.2ClH/c1-21-14-6-4-10-23(13-14)20(24)16-12-18(19-9-5-11-25-19)22-17-8-3-2-7-15(16)17;;/h2-3,5,7-9,11-12,14,21H,4,6,10,13H2,1H3;2*1H. The van der Waals surface area contributed by atoms with Gasteiger partial charge in [-0.25, -0.2) is 4.98 Å². The summed E-state index contributed by atoms with van der Waals surface area (Å²) in [5.74, 6) is 0.108. The third-order valence-corrected chi connectivity index (χ3v) is 5.73. The summed E-state index contributed by atoms with van der Waals surface area (Å²) >= 11 is 1.65. The number of carbonyl (C=O) groups excluding carboxylic acids is 1. The van der Waals surface area contributed by atoms with E-state index in [1.807, 2.05) is 59.8 Å². The van der Waals surface area contributed by atoms with Gasteiger partial charge in [-0.05, 0) is 43.5 Å². The summed E-state index contributed by atoms with van der Waals surface area (Å²) in [4.78, 5) is 21.1. The Kier molecular flexibility index (Phi) is 7.62. The van der Waals surface area contributed by atoms with Crippen molar-refractivity contribution in [3.05, 3.63) is 53.4 Å². The molecule has 144 valence electrons. The van der Waals surface area contributed by atoms with Crippen LogP contribution >= 0.6 is 36.2 Å². The SMILES string of the molecule is CNC1CCCN(C(=O)c2cc(-c3cccs3)nc3ccccc23)C1.Cl.Cl. The molecule has 1 unspecified atom stereocenters. The lowest BCUT2D eigenvalue weighted by Gasteiger charge is -2.33. The van der Waals surface area contributed by atoms with Crippen LogP contribution in [0.15, 0.2) is 47.8 Å². The number of amides is 1. The van der Waals surface area contributed by atoms with Crippen LogP contribution in [0.4, 0.5) is 0 Å². The van der Waals surface area contributed by atoms with Crippen molar-refractivity contribution in [2.75, 3.05) is 20.1 Å². The minimum Gasteiger partial charge on any atom is -0.337 e. The van der Waals surface area contributed by atoms with E-state index in [4.69, 9.17) is 4.98 Å². The highest BCUT2D eigenvalue weighted by molar-refractivity contribution is 7.13. The Labute approximate surface area is 175 Å². The van der Waals surface area contributed by atoms with E-state index in [1.54, 1.807) is 11.3 Å². The first-order valence-electron chi connectivity index (χ1n) is 8.66. The zero-order chi connectivity index (χ0) is 17.2. The smallest absolute Gasteiger partial charge is 0.254 e. The van der Waals surface area contributed by atoms with Crippen LogP contribution in [0.1, 0.15) is 23.2 Å². The van der Waals surface area contributed by atoms with Crippen LogP contribution in [-0.2, 0) is 0 Å². The number of likely N-dealkylation sites (tertiary alicyclic amines) is 1. The number of benzene rings is 1. The predicted octanol–water partition coefficient (Wildman–Crippen LogP) is 4.63. The highest BCUT2D eigenvalue weighted by Gasteiger charge is 2.25. The molecule has 3 heterocycles. The van der Waals surface area contributed by atoms with Crippen molar-refractivity contribution < 1.29 is 4.79 Å². The number of thiophene rings is 1. The zero-order valence-electron chi connectivity index (χ0n) is 15.1. The van der Waals surface area contributed by atoms with Crippen LogP contribution in [0.5, 0.6) is 0 Å². The van der Waals surface area contributed by atoms with E-state index in [-0.39, 0.29) is 30.7 Å². The number of hydrogen-bond donors (Lipinski definition) is 1. The molecule has 1 saturated heterocycles. The fourth-order valence-corrected chi connectivity index (χ4v) is 4.16. The lowest BCUT2D eigenvalue weighted by atomic mass is 10.0. The second kappa shape index (κ2) is 9.51. The first-order chi connectivity index (χ1) is 12.3. The Balaban J connectivity index is 0.00000131. The van der Waals surface area contributed by atoms with E-state index in [0.29, 0.717) is 6.04 Å². The summed E-state index contributed by atoms with van der Waals surface area (Å²) in [6.07, 6.45) is 2.16. The summed E-state index contributed by atoms with van der Waals surface area (Å²) in [7, 11) is 1.97. The summed E-state index contributed by atoms with van der Waals surface area (Å²) in [6.45, 7) is 1.59. The minimum absolute atomic E-state index is 0. The quantitative estimate of drug-likeness (QED) is 0.667. The van der Waals surface area contributed by atoms with Crippen molar-refractivity contribution >= 4 is 53.0 Å². The van der Waals surface area contributed by atoms with Crippen LogP contribution < -0.4 is 5.32 Å². The molecule has 1 amide bonds. The topological polar surface area (TPSA) is 45.2 Å². The molecule has 0 radical (unpaired) electrons. The predicted molar refractivity (Wildman–Crippen MR) is 118 cm³/mol. The number of nitrogens with one attached hydrogen (secondary N) is 1. The zero-order valence-corrected chi connectivity index (χ0v) is 17.5. The second-order valence-electron chi connectivity index (χ2n) is 6.43. The van der Waals surface area contributed by atoms with Crippen LogP contribution in [0, 0.1) is 0 Å². The van der Waals surface area contributed by atoms with Gasteiger partial charge in [-0.3, -0.25) is 4.79 Å². The van der Waals surface area contributed by atoms with Crippen LogP contribution in [-0.4, -0.2) is 42.0 Å². The monoisotopic (exact) mass is 423 g/mol. The molecule has 7 heteroatoms. The number of para-hydroxylation sites is 1. The van der Waals surface area contributed by atoms with Gasteiger partial charge < -0.3 is 10.2 Å². The molecule has 1 atom stereocenters. The number of aromatic nitrogens is 1. The molecular formula is C20H23Cl2N3OS. The van der Waals surface area contributed by atoms with E-state index in [0.717, 1.165) is 53.0 Å². The molecule has 1 aliphatic heterocycles. The first-order valence-corrected chi connectivity index (χ1v) is 9.54. The lowest BCUT2D eigenvalue weighted by Crippen LogP contribution is -2.47. The lowest BCUT2D eigenvalue weighted by molar-refractivity contribution is 0.0700. The molecule has 3 aromatic rings. The number of halogens is 2. The van der Waals surface area contributed by atoms with E-state index >= 15 is 0 Å². The average Bonchev–Trinajstić information content (AvgIpc) is 3.21. The van der Waals surface area contributed by atoms with E-state index in [9.17, 15) is 4.79 Å². The van der Waals surface area contributed by atoms with Gasteiger partial charge in [0.1, 0.15) is 0 Å². The van der Waals surface area contributed by atoms with Gasteiger partial charge in [0.2, 0.25) is 0 Å². The van der Waals surface area contributed by atoms with Crippen molar-refractivity contribution in [1.29, 1.82) is 0 Å². The maximum atomic E-state index is 13.3. The Hall–Kier alpha value is -1.66. The van der Waals surface area contributed by atoms with E-state index < -0.39 is 0 Å². The van der Waals surface area contributed by atoms with Gasteiger partial charge in [-0.2, -0.15) is 0 Å². The maximum Gasteiger partial charge on any atom is 0.254 e. The number of fused-ring (bicyclic) bond motifs is 1. The molecular weight excluding hydrogens is 401 g/mol. The number of carbonyl (C=O) groups is 1. The molecule has 0 bridgehead atoms. The van der Waals surface area contributed by atoms with Crippen LogP contribution in [0.25, 0.3) is 21.5 Å².